The van der Waals surface area contributed by atoms with Gasteiger partial charge in [0.15, 0.2) is 0 Å². The fourth-order valence-corrected chi connectivity index (χ4v) is 3.61. The van der Waals surface area contributed by atoms with E-state index in [0.29, 0.717) is 22.9 Å². The lowest BCUT2D eigenvalue weighted by molar-refractivity contribution is 0.0696. The molecule has 0 radical (unpaired) electrons. The van der Waals surface area contributed by atoms with Crippen molar-refractivity contribution in [1.82, 2.24) is 10.2 Å². The third-order valence-electron chi connectivity index (χ3n) is 5.42. The Morgan fingerprint density at radius 3 is 2.60 bits per heavy atom. The second kappa shape index (κ2) is 9.69. The van der Waals surface area contributed by atoms with Crippen molar-refractivity contribution in [2.45, 2.75) is 44.1 Å². The molecule has 2 aromatic carbocycles. The quantitative estimate of drug-likeness (QED) is 0.631. The second-order valence-corrected chi connectivity index (χ2v) is 8.33. The topological polar surface area (TPSA) is 71.0 Å². The highest BCUT2D eigenvalue weighted by Crippen LogP contribution is 2.34. The first kappa shape index (κ1) is 21.0. The zero-order valence-electron chi connectivity index (χ0n) is 16.8. The number of carbonyl (C=O) groups is 1. The van der Waals surface area contributed by atoms with Crippen LogP contribution < -0.4 is 10.1 Å². The average Bonchev–Trinajstić information content (AvgIpc) is 3.54. The number of likely N-dealkylation sites (tertiary alicyclic amines) is 1. The molecule has 7 heteroatoms. The molecule has 0 unspecified atom stereocenters. The van der Waals surface area contributed by atoms with Gasteiger partial charge in [-0.15, -0.1) is 0 Å². The summed E-state index contributed by atoms with van der Waals surface area (Å²) in [4.78, 5) is 14.6. The summed E-state index contributed by atoms with van der Waals surface area (Å²) >= 11 is 6.36. The predicted molar refractivity (Wildman–Crippen MR) is 115 cm³/mol. The molecule has 160 valence electrons. The monoisotopic (exact) mass is 430 g/mol. The summed E-state index contributed by atoms with van der Waals surface area (Å²) in [5, 5.41) is 14.3. The Balaban J connectivity index is 1.40. The number of amides is 1. The summed E-state index contributed by atoms with van der Waals surface area (Å²) in [5.74, 6) is 0.629. The molecule has 1 amide bonds. The Labute approximate surface area is 181 Å². The zero-order chi connectivity index (χ0) is 20.9. The molecular weight excluding hydrogens is 404 g/mol. The number of ether oxygens (including phenoxy) is 2. The van der Waals surface area contributed by atoms with E-state index in [2.05, 4.69) is 10.2 Å². The molecule has 6 nitrogen and oxygen atoms in total. The van der Waals surface area contributed by atoms with E-state index in [-0.39, 0.29) is 12.7 Å². The zero-order valence-corrected chi connectivity index (χ0v) is 17.6. The lowest BCUT2D eigenvalue weighted by atomic mass is 10.0. The number of benzene rings is 2. The van der Waals surface area contributed by atoms with Crippen LogP contribution in [-0.4, -0.2) is 47.9 Å². The molecule has 0 spiro atoms. The van der Waals surface area contributed by atoms with Crippen molar-refractivity contribution in [3.8, 4) is 5.75 Å². The highest BCUT2D eigenvalue weighted by molar-refractivity contribution is 6.32. The first-order valence-corrected chi connectivity index (χ1v) is 10.8. The standard InChI is InChI=1S/C23H27ClN2O4/c24-19-13-17(7-10-21(19)30-18-8-9-18)22(27)20(14-26-11-4-12-26)25-23(28)29-15-16-5-2-1-3-6-16/h1-3,5-7,10,13,18,20,22,27H,4,8-9,11-12,14-15H2,(H,25,28)/t20-,22-/m1/s1. The van der Waals surface area contributed by atoms with Gasteiger partial charge in [0.2, 0.25) is 0 Å². The van der Waals surface area contributed by atoms with Crippen LogP contribution in [0.5, 0.6) is 5.75 Å². The van der Waals surface area contributed by atoms with Crippen molar-refractivity contribution in [2.24, 2.45) is 0 Å². The van der Waals surface area contributed by atoms with Crippen LogP contribution in [0.25, 0.3) is 0 Å². The van der Waals surface area contributed by atoms with Crippen molar-refractivity contribution in [3.63, 3.8) is 0 Å². The van der Waals surface area contributed by atoms with E-state index in [1.54, 1.807) is 18.2 Å². The second-order valence-electron chi connectivity index (χ2n) is 7.92. The summed E-state index contributed by atoms with van der Waals surface area (Å²) in [6, 6.07) is 14.3. The fourth-order valence-electron chi connectivity index (χ4n) is 3.38. The minimum Gasteiger partial charge on any atom is -0.489 e. The van der Waals surface area contributed by atoms with Crippen LogP contribution in [0.3, 0.4) is 0 Å². The minimum absolute atomic E-state index is 0.179. The Kier molecular flexibility index (Phi) is 6.77. The molecule has 1 aliphatic heterocycles. The van der Waals surface area contributed by atoms with Gasteiger partial charge in [-0.25, -0.2) is 4.79 Å². The summed E-state index contributed by atoms with van der Waals surface area (Å²) in [6.45, 7) is 2.63. The highest BCUT2D eigenvalue weighted by Gasteiger charge is 2.29. The summed E-state index contributed by atoms with van der Waals surface area (Å²) in [5.41, 5.74) is 1.54. The Hall–Kier alpha value is -2.28. The van der Waals surface area contributed by atoms with E-state index in [0.717, 1.165) is 37.9 Å². The van der Waals surface area contributed by atoms with E-state index >= 15 is 0 Å². The first-order chi connectivity index (χ1) is 14.6. The number of aliphatic hydroxyl groups excluding tert-OH is 1. The van der Waals surface area contributed by atoms with Gasteiger partial charge in [-0.3, -0.25) is 0 Å². The van der Waals surface area contributed by atoms with Crippen molar-refractivity contribution >= 4 is 17.7 Å². The Bertz CT molecular complexity index is 856. The lowest BCUT2D eigenvalue weighted by Crippen LogP contribution is -2.51. The number of nitrogens with one attached hydrogen (secondary N) is 1. The summed E-state index contributed by atoms with van der Waals surface area (Å²) < 4.78 is 11.1. The molecule has 2 N–H and O–H groups in total. The number of hydrogen-bond donors (Lipinski definition) is 2. The van der Waals surface area contributed by atoms with Crippen molar-refractivity contribution in [2.75, 3.05) is 19.6 Å². The number of rotatable bonds is 9. The van der Waals surface area contributed by atoms with E-state index in [1.165, 1.54) is 0 Å². The number of aliphatic hydroxyl groups is 1. The van der Waals surface area contributed by atoms with Gasteiger partial charge in [-0.1, -0.05) is 48.0 Å². The molecule has 0 bridgehead atoms. The fraction of sp³-hybridized carbons (Fsp3) is 0.435. The number of nitrogens with zero attached hydrogens (tertiary/aromatic N) is 1. The maximum atomic E-state index is 12.4. The first-order valence-electron chi connectivity index (χ1n) is 10.4. The van der Waals surface area contributed by atoms with Gasteiger partial charge in [0, 0.05) is 6.54 Å². The van der Waals surface area contributed by atoms with Crippen molar-refractivity contribution in [3.05, 3.63) is 64.7 Å². The van der Waals surface area contributed by atoms with Gasteiger partial charge in [0.25, 0.3) is 0 Å². The molecule has 2 aromatic rings. The number of carbonyl (C=O) groups excluding carboxylic acids is 1. The number of halogens is 1. The molecular formula is C23H27ClN2O4. The van der Waals surface area contributed by atoms with Gasteiger partial charge < -0.3 is 24.8 Å². The van der Waals surface area contributed by atoms with E-state index < -0.39 is 18.2 Å². The molecule has 30 heavy (non-hydrogen) atoms. The molecule has 1 aliphatic carbocycles. The maximum absolute atomic E-state index is 12.4. The van der Waals surface area contributed by atoms with Gasteiger partial charge >= 0.3 is 6.09 Å². The number of alkyl carbamates (subject to hydrolysis) is 1. The van der Waals surface area contributed by atoms with Crippen LogP contribution in [-0.2, 0) is 11.3 Å². The smallest absolute Gasteiger partial charge is 0.407 e. The number of hydrogen-bond acceptors (Lipinski definition) is 5. The normalized spacial score (nSPS) is 18.2. The van der Waals surface area contributed by atoms with Crippen LogP contribution in [0.15, 0.2) is 48.5 Å². The lowest BCUT2D eigenvalue weighted by Gasteiger charge is -2.36. The largest absolute Gasteiger partial charge is 0.489 e. The van der Waals surface area contributed by atoms with Crippen LogP contribution >= 0.6 is 11.6 Å². The van der Waals surface area contributed by atoms with Crippen molar-refractivity contribution < 1.29 is 19.4 Å². The Morgan fingerprint density at radius 2 is 1.97 bits per heavy atom. The van der Waals surface area contributed by atoms with E-state index in [4.69, 9.17) is 21.1 Å². The van der Waals surface area contributed by atoms with Crippen LogP contribution in [0.4, 0.5) is 4.79 Å². The third-order valence-corrected chi connectivity index (χ3v) is 5.71. The predicted octanol–water partition coefficient (Wildman–Crippen LogP) is 3.92. The highest BCUT2D eigenvalue weighted by atomic mass is 35.5. The molecule has 1 saturated carbocycles. The van der Waals surface area contributed by atoms with Gasteiger partial charge in [0.05, 0.1) is 17.2 Å². The van der Waals surface area contributed by atoms with Gasteiger partial charge in [-0.2, -0.15) is 0 Å². The van der Waals surface area contributed by atoms with Crippen LogP contribution in [0.1, 0.15) is 36.5 Å². The van der Waals surface area contributed by atoms with E-state index in [1.807, 2.05) is 30.3 Å². The molecule has 2 atom stereocenters. The van der Waals surface area contributed by atoms with Gasteiger partial charge in [0.1, 0.15) is 18.5 Å². The third kappa shape index (κ3) is 5.65. The molecule has 2 fully saturated rings. The van der Waals surface area contributed by atoms with Crippen molar-refractivity contribution in [1.29, 1.82) is 0 Å². The average molecular weight is 431 g/mol. The maximum Gasteiger partial charge on any atom is 0.407 e. The van der Waals surface area contributed by atoms with E-state index in [9.17, 15) is 9.90 Å². The Morgan fingerprint density at radius 1 is 1.20 bits per heavy atom. The molecule has 4 rings (SSSR count). The van der Waals surface area contributed by atoms with Crippen LogP contribution in [0.2, 0.25) is 5.02 Å². The SMILES string of the molecule is O=C(N[C@H](CN1CCC1)[C@H](O)c1ccc(OC2CC2)c(Cl)c1)OCc1ccccc1. The summed E-state index contributed by atoms with van der Waals surface area (Å²) in [7, 11) is 0. The minimum atomic E-state index is -0.914. The molecule has 1 saturated heterocycles. The molecule has 2 aliphatic rings. The van der Waals surface area contributed by atoms with Gasteiger partial charge in [-0.05, 0) is 55.6 Å². The molecule has 1 heterocycles. The summed E-state index contributed by atoms with van der Waals surface area (Å²) in [6.07, 6.45) is 2.01. The van der Waals surface area contributed by atoms with Crippen LogP contribution in [0, 0.1) is 0 Å². The molecule has 0 aromatic heterocycles.